The first-order valence-electron chi connectivity index (χ1n) is 13.4. The number of nitrogens with zero attached hydrogens (tertiary/aromatic N) is 2. The fourth-order valence-electron chi connectivity index (χ4n) is 5.60. The summed E-state index contributed by atoms with van der Waals surface area (Å²) < 4.78 is 2.32. The SMILES string of the molecule is Cc1c(C)n(Cc2cccc(C3(C#N)CC3)c2)c2ccc(C(=O)N[C@@H](C)c3cccc(C4CC4)c3)cc12. The van der Waals surface area contributed by atoms with Crippen LogP contribution in [0.25, 0.3) is 10.9 Å². The van der Waals surface area contributed by atoms with Gasteiger partial charge in [-0.3, -0.25) is 4.79 Å². The van der Waals surface area contributed by atoms with Crippen LogP contribution >= 0.6 is 0 Å². The van der Waals surface area contributed by atoms with Crippen molar-refractivity contribution in [3.63, 3.8) is 0 Å². The van der Waals surface area contributed by atoms with Crippen LogP contribution < -0.4 is 5.32 Å². The molecule has 0 bridgehead atoms. The van der Waals surface area contributed by atoms with E-state index in [1.807, 2.05) is 12.1 Å². The third kappa shape index (κ3) is 4.33. The number of carbonyl (C=O) groups is 1. The van der Waals surface area contributed by atoms with Gasteiger partial charge in [-0.15, -0.1) is 0 Å². The number of benzene rings is 3. The molecule has 2 aliphatic rings. The van der Waals surface area contributed by atoms with E-state index in [1.54, 1.807) is 0 Å². The summed E-state index contributed by atoms with van der Waals surface area (Å²) in [4.78, 5) is 13.2. The van der Waals surface area contributed by atoms with E-state index >= 15 is 0 Å². The number of hydrogen-bond acceptors (Lipinski definition) is 2. The maximum atomic E-state index is 13.2. The Labute approximate surface area is 218 Å². The normalized spacial score (nSPS) is 16.8. The molecule has 1 N–H and O–H groups in total. The average Bonchev–Trinajstić information content (AvgIpc) is 3.85. The lowest BCUT2D eigenvalue weighted by molar-refractivity contribution is 0.0940. The Balaban J connectivity index is 1.24. The van der Waals surface area contributed by atoms with Gasteiger partial charge in [0.1, 0.15) is 0 Å². The molecule has 0 aliphatic heterocycles. The second-order valence-corrected chi connectivity index (χ2v) is 11.1. The Bertz CT molecular complexity index is 1560. The summed E-state index contributed by atoms with van der Waals surface area (Å²) in [6.07, 6.45) is 4.45. The van der Waals surface area contributed by atoms with Crippen molar-refractivity contribution in [2.75, 3.05) is 0 Å². The number of rotatable bonds is 7. The quantitative estimate of drug-likeness (QED) is 0.299. The van der Waals surface area contributed by atoms with Gasteiger partial charge in [0, 0.05) is 28.7 Å². The fourth-order valence-corrected chi connectivity index (χ4v) is 5.60. The summed E-state index contributed by atoms with van der Waals surface area (Å²) in [7, 11) is 0. The van der Waals surface area contributed by atoms with Crippen LogP contribution in [0.1, 0.15) is 88.4 Å². The molecule has 1 aromatic heterocycles. The van der Waals surface area contributed by atoms with Crippen LogP contribution in [-0.4, -0.2) is 10.5 Å². The molecule has 4 nitrogen and oxygen atoms in total. The number of nitrogens with one attached hydrogen (secondary N) is 1. The van der Waals surface area contributed by atoms with E-state index in [2.05, 4.69) is 91.3 Å². The van der Waals surface area contributed by atoms with Crippen LogP contribution in [0.4, 0.5) is 0 Å². The highest BCUT2D eigenvalue weighted by Crippen LogP contribution is 2.47. The van der Waals surface area contributed by atoms with E-state index in [9.17, 15) is 10.1 Å². The smallest absolute Gasteiger partial charge is 0.251 e. The van der Waals surface area contributed by atoms with Crippen molar-refractivity contribution in [2.45, 2.75) is 70.4 Å². The number of aryl methyl sites for hydroxylation is 1. The third-order valence-electron chi connectivity index (χ3n) is 8.49. The van der Waals surface area contributed by atoms with Crippen LogP contribution in [0.5, 0.6) is 0 Å². The van der Waals surface area contributed by atoms with Gasteiger partial charge in [-0.1, -0.05) is 48.5 Å². The van der Waals surface area contributed by atoms with E-state index in [4.69, 9.17) is 0 Å². The standard InChI is InChI=1S/C33H33N3O/c1-21-23(3)36(19-24-6-4-9-29(16-24)33(20-34)14-15-33)31-13-12-28(18-30(21)31)32(37)35-22(2)26-7-5-8-27(17-26)25-10-11-25/h4-9,12-13,16-18,22,25H,10-11,14-15,19H2,1-3H3,(H,35,37)/t22-/m0/s1. The van der Waals surface area contributed by atoms with E-state index in [1.165, 1.54) is 35.2 Å². The molecule has 1 atom stereocenters. The lowest BCUT2D eigenvalue weighted by Gasteiger charge is -2.16. The van der Waals surface area contributed by atoms with Gasteiger partial charge in [0.05, 0.1) is 17.5 Å². The Morgan fingerprint density at radius 3 is 2.59 bits per heavy atom. The number of aromatic nitrogens is 1. The minimum absolute atomic E-state index is 0.0463. The molecule has 0 unspecified atom stereocenters. The van der Waals surface area contributed by atoms with Crippen molar-refractivity contribution in [1.29, 1.82) is 5.26 Å². The first kappa shape index (κ1) is 23.6. The summed E-state index contributed by atoms with van der Waals surface area (Å²) in [5, 5.41) is 13.9. The monoisotopic (exact) mass is 487 g/mol. The maximum Gasteiger partial charge on any atom is 0.251 e. The van der Waals surface area contributed by atoms with Gasteiger partial charge in [-0.25, -0.2) is 0 Å². The van der Waals surface area contributed by atoms with Crippen LogP contribution in [0, 0.1) is 25.2 Å². The molecule has 2 fully saturated rings. The fraction of sp³-hybridized carbons (Fsp3) is 0.333. The average molecular weight is 488 g/mol. The van der Waals surface area contributed by atoms with E-state index in [0.29, 0.717) is 11.5 Å². The molecular weight excluding hydrogens is 454 g/mol. The zero-order chi connectivity index (χ0) is 25.7. The predicted molar refractivity (Wildman–Crippen MR) is 148 cm³/mol. The second kappa shape index (κ2) is 8.92. The van der Waals surface area contributed by atoms with Gasteiger partial charge in [0.15, 0.2) is 0 Å². The summed E-state index contributed by atoms with van der Waals surface area (Å²) in [6.45, 7) is 7.07. The molecule has 0 radical (unpaired) electrons. The largest absolute Gasteiger partial charge is 0.346 e. The highest BCUT2D eigenvalue weighted by atomic mass is 16.1. The van der Waals surface area contributed by atoms with Crippen molar-refractivity contribution in [3.05, 3.63) is 106 Å². The molecule has 4 heteroatoms. The summed E-state index contributed by atoms with van der Waals surface area (Å²) in [6, 6.07) is 25.6. The van der Waals surface area contributed by atoms with Crippen molar-refractivity contribution in [1.82, 2.24) is 9.88 Å². The van der Waals surface area contributed by atoms with E-state index in [0.717, 1.165) is 41.4 Å². The van der Waals surface area contributed by atoms with Gasteiger partial charge in [0.2, 0.25) is 0 Å². The molecule has 2 saturated carbocycles. The summed E-state index contributed by atoms with van der Waals surface area (Å²) in [5.41, 5.74) is 8.80. The number of hydrogen-bond donors (Lipinski definition) is 1. The lowest BCUT2D eigenvalue weighted by Crippen LogP contribution is -2.26. The molecule has 0 saturated heterocycles. The van der Waals surface area contributed by atoms with Crippen LogP contribution in [-0.2, 0) is 12.0 Å². The summed E-state index contributed by atoms with van der Waals surface area (Å²) >= 11 is 0. The van der Waals surface area contributed by atoms with Crippen molar-refractivity contribution >= 4 is 16.8 Å². The van der Waals surface area contributed by atoms with Crippen molar-refractivity contribution < 1.29 is 4.79 Å². The molecule has 37 heavy (non-hydrogen) atoms. The topological polar surface area (TPSA) is 57.8 Å². The molecule has 186 valence electrons. The molecule has 2 aliphatic carbocycles. The molecule has 1 heterocycles. The molecule has 6 rings (SSSR count). The summed E-state index contributed by atoms with van der Waals surface area (Å²) in [5.74, 6) is 0.652. The van der Waals surface area contributed by atoms with Gasteiger partial charge in [-0.2, -0.15) is 5.26 Å². The van der Waals surface area contributed by atoms with Gasteiger partial charge in [0.25, 0.3) is 5.91 Å². The van der Waals surface area contributed by atoms with Crippen LogP contribution in [0.2, 0.25) is 0 Å². The Morgan fingerprint density at radius 2 is 1.86 bits per heavy atom. The zero-order valence-electron chi connectivity index (χ0n) is 21.8. The zero-order valence-corrected chi connectivity index (χ0v) is 21.8. The third-order valence-corrected chi connectivity index (χ3v) is 8.49. The molecular formula is C33H33N3O. The Morgan fingerprint density at radius 1 is 1.08 bits per heavy atom. The number of carbonyl (C=O) groups excluding carboxylic acids is 1. The first-order valence-corrected chi connectivity index (χ1v) is 13.4. The molecule has 3 aromatic carbocycles. The predicted octanol–water partition coefficient (Wildman–Crippen LogP) is 7.23. The second-order valence-electron chi connectivity index (χ2n) is 11.1. The highest BCUT2D eigenvalue weighted by molar-refractivity contribution is 5.99. The highest BCUT2D eigenvalue weighted by Gasteiger charge is 2.44. The number of nitriles is 1. The number of amides is 1. The van der Waals surface area contributed by atoms with Gasteiger partial charge < -0.3 is 9.88 Å². The first-order chi connectivity index (χ1) is 17.9. The van der Waals surface area contributed by atoms with Crippen molar-refractivity contribution in [2.24, 2.45) is 0 Å². The molecule has 0 spiro atoms. The van der Waals surface area contributed by atoms with Crippen molar-refractivity contribution in [3.8, 4) is 6.07 Å². The molecule has 1 amide bonds. The number of fused-ring (bicyclic) bond motifs is 1. The molecule has 4 aromatic rings. The van der Waals surface area contributed by atoms with Gasteiger partial charge in [-0.05, 0) is 98.4 Å². The van der Waals surface area contributed by atoms with Crippen LogP contribution in [0.15, 0.2) is 66.7 Å². The maximum absolute atomic E-state index is 13.2. The Hall–Kier alpha value is -3.84. The minimum atomic E-state index is -0.279. The Kier molecular flexibility index (Phi) is 5.68. The van der Waals surface area contributed by atoms with E-state index < -0.39 is 0 Å². The lowest BCUT2D eigenvalue weighted by atomic mass is 9.96. The minimum Gasteiger partial charge on any atom is -0.346 e. The van der Waals surface area contributed by atoms with Crippen LogP contribution in [0.3, 0.4) is 0 Å². The van der Waals surface area contributed by atoms with Gasteiger partial charge >= 0.3 is 0 Å². The van der Waals surface area contributed by atoms with E-state index in [-0.39, 0.29) is 17.4 Å².